The molecule has 0 bridgehead atoms. The number of nitrogens with zero attached hydrogens (tertiary/aromatic N) is 1. The average Bonchev–Trinajstić information content (AvgIpc) is 2.62. The number of thioether (sulfide) groups is 2. The van der Waals surface area contributed by atoms with Crippen molar-refractivity contribution >= 4 is 23.5 Å². The summed E-state index contributed by atoms with van der Waals surface area (Å²) in [6.45, 7) is 5.71. The Morgan fingerprint density at radius 2 is 1.88 bits per heavy atom. The van der Waals surface area contributed by atoms with Crippen molar-refractivity contribution in [2.45, 2.75) is 48.6 Å². The molecule has 3 aliphatic heterocycles. The normalized spacial score (nSPS) is 28.4. The minimum Gasteiger partial charge on any atom is -0.367 e. The Bertz CT molecular complexity index is 714. The van der Waals surface area contributed by atoms with Crippen molar-refractivity contribution in [3.05, 3.63) is 58.8 Å². The highest BCUT2D eigenvalue weighted by Crippen LogP contribution is 2.61. The molecule has 1 aliphatic carbocycles. The van der Waals surface area contributed by atoms with Crippen LogP contribution in [-0.2, 0) is 6.42 Å². The van der Waals surface area contributed by atoms with Gasteiger partial charge >= 0.3 is 0 Å². The monoisotopic (exact) mass is 355 g/mol. The number of rotatable bonds is 0. The third-order valence-electron chi connectivity index (χ3n) is 6.10. The van der Waals surface area contributed by atoms with Crippen molar-refractivity contribution in [2.24, 2.45) is 0 Å². The van der Waals surface area contributed by atoms with Crippen molar-refractivity contribution in [3.8, 4) is 0 Å². The molecule has 1 aromatic carbocycles. The molecular formula is C21H25NS2. The Balaban J connectivity index is 1.67. The molecule has 126 valence electrons. The predicted molar refractivity (Wildman–Crippen MR) is 106 cm³/mol. The number of benzene rings is 1. The third kappa shape index (κ3) is 2.24. The second kappa shape index (κ2) is 5.88. The van der Waals surface area contributed by atoms with Gasteiger partial charge in [0.1, 0.15) is 0 Å². The SMILES string of the molecule is C=C1CCCC2=C1C1(CC3c4ccccc4CCN23)SCCCS1. The topological polar surface area (TPSA) is 3.24 Å². The molecule has 0 amide bonds. The van der Waals surface area contributed by atoms with Gasteiger partial charge in [0.05, 0.1) is 10.1 Å². The minimum absolute atomic E-state index is 0.275. The summed E-state index contributed by atoms with van der Waals surface area (Å²) in [5.41, 5.74) is 7.92. The lowest BCUT2D eigenvalue weighted by Crippen LogP contribution is -2.47. The second-order valence-corrected chi connectivity index (χ2v) is 10.5. The molecule has 1 atom stereocenters. The molecule has 1 saturated heterocycles. The Hall–Kier alpha value is -0.800. The molecule has 1 spiro atoms. The summed E-state index contributed by atoms with van der Waals surface area (Å²) in [5.74, 6) is 2.62. The van der Waals surface area contributed by atoms with E-state index in [0.717, 1.165) is 0 Å². The largest absolute Gasteiger partial charge is 0.367 e. The quantitative estimate of drug-likeness (QED) is 0.600. The Labute approximate surface area is 154 Å². The first-order chi connectivity index (χ1) is 11.8. The molecule has 0 N–H and O–H groups in total. The van der Waals surface area contributed by atoms with Crippen LogP contribution in [0.3, 0.4) is 0 Å². The lowest BCUT2D eigenvalue weighted by molar-refractivity contribution is 0.196. The number of hydrogen-bond donors (Lipinski definition) is 0. The van der Waals surface area contributed by atoms with E-state index >= 15 is 0 Å². The summed E-state index contributed by atoms with van der Waals surface area (Å²) in [7, 11) is 0. The van der Waals surface area contributed by atoms with Crippen LogP contribution in [0, 0.1) is 0 Å². The highest BCUT2D eigenvalue weighted by atomic mass is 32.2. The molecule has 3 heteroatoms. The summed E-state index contributed by atoms with van der Waals surface area (Å²) >= 11 is 4.45. The summed E-state index contributed by atoms with van der Waals surface area (Å²) in [5, 5.41) is 0. The van der Waals surface area contributed by atoms with Gasteiger partial charge in [0.25, 0.3) is 0 Å². The number of hydrogen-bond acceptors (Lipinski definition) is 3. The van der Waals surface area contributed by atoms with Gasteiger partial charge in [0.15, 0.2) is 0 Å². The molecule has 4 aliphatic rings. The summed E-state index contributed by atoms with van der Waals surface area (Å²) in [6.07, 6.45) is 7.57. The molecule has 0 radical (unpaired) electrons. The Morgan fingerprint density at radius 3 is 2.75 bits per heavy atom. The van der Waals surface area contributed by atoms with Crippen molar-refractivity contribution in [1.29, 1.82) is 0 Å². The van der Waals surface area contributed by atoms with Gasteiger partial charge in [-0.2, -0.15) is 0 Å². The van der Waals surface area contributed by atoms with Crippen LogP contribution in [0.25, 0.3) is 0 Å². The number of allylic oxidation sites excluding steroid dienone is 2. The van der Waals surface area contributed by atoms with Crippen LogP contribution in [0.1, 0.15) is 49.3 Å². The number of fused-ring (bicyclic) bond motifs is 5. The highest BCUT2D eigenvalue weighted by Gasteiger charge is 2.49. The van der Waals surface area contributed by atoms with Gasteiger partial charge in [-0.15, -0.1) is 23.5 Å². The van der Waals surface area contributed by atoms with Crippen molar-refractivity contribution in [3.63, 3.8) is 0 Å². The molecule has 3 heterocycles. The molecule has 24 heavy (non-hydrogen) atoms. The minimum atomic E-state index is 0.275. The Morgan fingerprint density at radius 1 is 1.04 bits per heavy atom. The smallest absolute Gasteiger partial charge is 0.0902 e. The van der Waals surface area contributed by atoms with E-state index in [0.29, 0.717) is 6.04 Å². The van der Waals surface area contributed by atoms with Crippen LogP contribution in [0.2, 0.25) is 0 Å². The van der Waals surface area contributed by atoms with Gasteiger partial charge < -0.3 is 4.90 Å². The molecule has 1 nitrogen and oxygen atoms in total. The maximum absolute atomic E-state index is 4.52. The van der Waals surface area contributed by atoms with E-state index in [4.69, 9.17) is 0 Å². The van der Waals surface area contributed by atoms with Gasteiger partial charge in [-0.05, 0) is 72.3 Å². The maximum Gasteiger partial charge on any atom is 0.0902 e. The maximum atomic E-state index is 4.52. The van der Waals surface area contributed by atoms with Gasteiger partial charge in [-0.1, -0.05) is 30.8 Å². The van der Waals surface area contributed by atoms with Crippen LogP contribution in [0.4, 0.5) is 0 Å². The highest BCUT2D eigenvalue weighted by molar-refractivity contribution is 8.19. The molecular weight excluding hydrogens is 330 g/mol. The van der Waals surface area contributed by atoms with Crippen LogP contribution in [0.5, 0.6) is 0 Å². The van der Waals surface area contributed by atoms with E-state index in [2.05, 4.69) is 59.3 Å². The van der Waals surface area contributed by atoms with Gasteiger partial charge in [0.2, 0.25) is 0 Å². The molecule has 1 fully saturated rings. The van der Waals surface area contributed by atoms with E-state index < -0.39 is 0 Å². The fourth-order valence-corrected chi connectivity index (χ4v) is 8.71. The molecule has 0 saturated carbocycles. The fourth-order valence-electron chi connectivity index (χ4n) is 5.09. The summed E-state index contributed by atoms with van der Waals surface area (Å²) in [4.78, 5) is 2.77. The zero-order valence-corrected chi connectivity index (χ0v) is 15.9. The molecule has 1 unspecified atom stereocenters. The first-order valence-corrected chi connectivity index (χ1v) is 11.3. The lowest BCUT2D eigenvalue weighted by Gasteiger charge is -2.54. The first-order valence-electron chi connectivity index (χ1n) is 9.33. The van der Waals surface area contributed by atoms with E-state index in [1.54, 1.807) is 22.4 Å². The van der Waals surface area contributed by atoms with Crippen LogP contribution >= 0.6 is 23.5 Å². The van der Waals surface area contributed by atoms with Gasteiger partial charge in [0, 0.05) is 12.2 Å². The summed E-state index contributed by atoms with van der Waals surface area (Å²) in [6, 6.07) is 9.77. The van der Waals surface area contributed by atoms with Gasteiger partial charge in [-0.3, -0.25) is 0 Å². The zero-order chi connectivity index (χ0) is 16.1. The van der Waals surface area contributed by atoms with E-state index in [1.807, 2.05) is 0 Å². The van der Waals surface area contributed by atoms with Crippen molar-refractivity contribution in [2.75, 3.05) is 18.1 Å². The Kier molecular flexibility index (Phi) is 3.79. The van der Waals surface area contributed by atoms with E-state index in [1.165, 1.54) is 62.1 Å². The lowest BCUT2D eigenvalue weighted by atomic mass is 9.78. The standard InChI is InChI=1S/C21H25NS2/c1-15-6-4-9-18-20(15)21(23-12-5-13-24-21)14-19-17-8-3-2-7-16(17)10-11-22(18)19/h2-3,7-8,19H,1,4-6,9-14H2. The molecule has 1 aromatic rings. The third-order valence-corrected chi connectivity index (χ3v) is 9.46. The average molecular weight is 356 g/mol. The van der Waals surface area contributed by atoms with Crippen molar-refractivity contribution in [1.82, 2.24) is 4.90 Å². The second-order valence-electron chi connectivity index (χ2n) is 7.44. The fraction of sp³-hybridized carbons (Fsp3) is 0.524. The van der Waals surface area contributed by atoms with E-state index in [-0.39, 0.29) is 4.08 Å². The van der Waals surface area contributed by atoms with Crippen LogP contribution in [0.15, 0.2) is 47.7 Å². The van der Waals surface area contributed by atoms with Crippen LogP contribution < -0.4 is 0 Å². The predicted octanol–water partition coefficient (Wildman–Crippen LogP) is 5.55. The van der Waals surface area contributed by atoms with Crippen molar-refractivity contribution < 1.29 is 0 Å². The first kappa shape index (κ1) is 15.5. The molecule has 5 rings (SSSR count). The molecule has 0 aromatic heterocycles. The zero-order valence-electron chi connectivity index (χ0n) is 14.2. The van der Waals surface area contributed by atoms with E-state index in [9.17, 15) is 0 Å². The van der Waals surface area contributed by atoms with Gasteiger partial charge in [-0.25, -0.2) is 0 Å². The summed E-state index contributed by atoms with van der Waals surface area (Å²) < 4.78 is 0.275. The van der Waals surface area contributed by atoms with Crippen LogP contribution in [-0.4, -0.2) is 27.0 Å².